The van der Waals surface area contributed by atoms with Gasteiger partial charge in [-0.15, -0.1) is 0 Å². The van der Waals surface area contributed by atoms with Crippen LogP contribution < -0.4 is 10.1 Å². The molecule has 0 unspecified atom stereocenters. The molecule has 0 aromatic heterocycles. The molecular weight excluding hydrogens is 320 g/mol. The van der Waals surface area contributed by atoms with Crippen molar-refractivity contribution >= 4 is 17.5 Å². The van der Waals surface area contributed by atoms with E-state index in [1.807, 2.05) is 24.3 Å². The second-order valence-corrected chi connectivity index (χ2v) is 5.87. The van der Waals surface area contributed by atoms with Crippen LogP contribution in [-0.2, 0) is 16.1 Å². The molecule has 0 saturated carbocycles. The number of para-hydroxylation sites is 1. The number of nitrogens with one attached hydrogen (secondary N) is 1. The van der Waals surface area contributed by atoms with Gasteiger partial charge in [-0.1, -0.05) is 18.2 Å². The summed E-state index contributed by atoms with van der Waals surface area (Å²) in [6, 6.07) is 14.5. The van der Waals surface area contributed by atoms with Gasteiger partial charge in [0.1, 0.15) is 12.4 Å². The van der Waals surface area contributed by atoms with Crippen molar-refractivity contribution in [2.75, 3.05) is 26.1 Å². The summed E-state index contributed by atoms with van der Waals surface area (Å²) >= 11 is 0. The smallest absolute Gasteiger partial charge is 0.277 e. The number of rotatable bonds is 4. The second-order valence-electron chi connectivity index (χ2n) is 5.87. The lowest BCUT2D eigenvalue weighted by atomic mass is 9.96. The minimum atomic E-state index is -0.252. The summed E-state index contributed by atoms with van der Waals surface area (Å²) in [7, 11) is 2.97. The monoisotopic (exact) mass is 340 g/mol. The largest absolute Gasteiger partial charge is 0.492 e. The molecule has 1 atom stereocenters. The predicted octanol–water partition coefficient (Wildman–Crippen LogP) is 2.51. The molecule has 0 bridgehead atoms. The maximum Gasteiger partial charge on any atom is 0.277 e. The molecule has 1 aliphatic rings. The second kappa shape index (κ2) is 7.36. The van der Waals surface area contributed by atoms with Crippen LogP contribution in [0.3, 0.4) is 0 Å². The predicted molar refractivity (Wildman–Crippen MR) is 93.3 cm³/mol. The van der Waals surface area contributed by atoms with Crippen molar-refractivity contribution in [3.05, 3.63) is 59.7 Å². The van der Waals surface area contributed by atoms with Crippen LogP contribution in [0.2, 0.25) is 0 Å². The highest BCUT2D eigenvalue weighted by molar-refractivity contribution is 5.96. The summed E-state index contributed by atoms with van der Waals surface area (Å²) in [4.78, 5) is 29.3. The van der Waals surface area contributed by atoms with Crippen LogP contribution in [0.15, 0.2) is 48.5 Å². The SMILES string of the molecule is CON(C)C(=O)c1ccc(NC(=O)[C@H]2COc3ccccc3C2)cc1. The minimum Gasteiger partial charge on any atom is -0.492 e. The van der Waals surface area contributed by atoms with Crippen molar-refractivity contribution in [2.45, 2.75) is 6.42 Å². The highest BCUT2D eigenvalue weighted by Crippen LogP contribution is 2.27. The quantitative estimate of drug-likeness (QED) is 0.869. The Labute approximate surface area is 146 Å². The lowest BCUT2D eigenvalue weighted by molar-refractivity contribution is -0.121. The first-order valence-electron chi connectivity index (χ1n) is 8.02. The molecule has 0 spiro atoms. The van der Waals surface area contributed by atoms with Crippen molar-refractivity contribution in [3.8, 4) is 5.75 Å². The van der Waals surface area contributed by atoms with Crippen LogP contribution in [0.4, 0.5) is 5.69 Å². The van der Waals surface area contributed by atoms with Crippen molar-refractivity contribution in [3.63, 3.8) is 0 Å². The summed E-state index contributed by atoms with van der Waals surface area (Å²) in [6.07, 6.45) is 0.650. The van der Waals surface area contributed by atoms with E-state index in [0.717, 1.165) is 16.4 Å². The number of ether oxygens (including phenoxy) is 1. The van der Waals surface area contributed by atoms with Crippen molar-refractivity contribution in [1.29, 1.82) is 0 Å². The van der Waals surface area contributed by atoms with Gasteiger partial charge < -0.3 is 10.1 Å². The van der Waals surface area contributed by atoms with Crippen LogP contribution in [0.25, 0.3) is 0 Å². The number of hydrogen-bond donors (Lipinski definition) is 1. The number of fused-ring (bicyclic) bond motifs is 1. The molecular formula is C19H20N2O4. The average Bonchev–Trinajstić information content (AvgIpc) is 2.67. The Balaban J connectivity index is 1.63. The fraction of sp³-hybridized carbons (Fsp3) is 0.263. The van der Waals surface area contributed by atoms with Crippen molar-refractivity contribution in [2.24, 2.45) is 5.92 Å². The first-order valence-corrected chi connectivity index (χ1v) is 8.02. The van der Waals surface area contributed by atoms with Gasteiger partial charge in [0.15, 0.2) is 0 Å². The van der Waals surface area contributed by atoms with E-state index in [4.69, 9.17) is 9.57 Å². The Morgan fingerprint density at radius 2 is 1.88 bits per heavy atom. The van der Waals surface area contributed by atoms with Crippen LogP contribution in [0.5, 0.6) is 5.75 Å². The molecule has 1 heterocycles. The van der Waals surface area contributed by atoms with Crippen LogP contribution >= 0.6 is 0 Å². The van der Waals surface area contributed by atoms with Gasteiger partial charge in [0.2, 0.25) is 5.91 Å². The molecule has 1 aliphatic heterocycles. The van der Waals surface area contributed by atoms with Crippen LogP contribution in [0.1, 0.15) is 15.9 Å². The lowest BCUT2D eigenvalue weighted by Crippen LogP contribution is -2.32. The summed E-state index contributed by atoms with van der Waals surface area (Å²) in [5.41, 5.74) is 2.16. The van der Waals surface area contributed by atoms with Crippen LogP contribution in [0, 0.1) is 5.92 Å². The number of amides is 2. The number of hydroxylamine groups is 2. The van der Waals surface area contributed by atoms with Gasteiger partial charge in [-0.05, 0) is 42.3 Å². The van der Waals surface area contributed by atoms with E-state index >= 15 is 0 Å². The lowest BCUT2D eigenvalue weighted by Gasteiger charge is -2.24. The maximum atomic E-state index is 12.5. The zero-order valence-corrected chi connectivity index (χ0v) is 14.2. The number of hydrogen-bond acceptors (Lipinski definition) is 4. The third-order valence-electron chi connectivity index (χ3n) is 4.21. The first-order chi connectivity index (χ1) is 12.1. The van der Waals surface area contributed by atoms with E-state index < -0.39 is 0 Å². The average molecular weight is 340 g/mol. The van der Waals surface area contributed by atoms with Gasteiger partial charge in [-0.25, -0.2) is 5.06 Å². The molecule has 2 amide bonds. The number of anilines is 1. The van der Waals surface area contributed by atoms with Crippen molar-refractivity contribution < 1.29 is 19.2 Å². The van der Waals surface area contributed by atoms with E-state index in [9.17, 15) is 9.59 Å². The van der Waals surface area contributed by atoms with Gasteiger partial charge in [-0.3, -0.25) is 14.4 Å². The number of carbonyl (C=O) groups excluding carboxylic acids is 2. The Kier molecular flexibility index (Phi) is 5.00. The normalized spacial score (nSPS) is 15.7. The molecule has 130 valence electrons. The molecule has 2 aromatic rings. The molecule has 3 rings (SSSR count). The molecule has 6 heteroatoms. The number of carbonyl (C=O) groups is 2. The Bertz CT molecular complexity index is 773. The fourth-order valence-electron chi connectivity index (χ4n) is 2.70. The van der Waals surface area contributed by atoms with Gasteiger partial charge in [-0.2, -0.15) is 0 Å². The van der Waals surface area contributed by atoms with E-state index in [1.54, 1.807) is 31.3 Å². The number of benzene rings is 2. The summed E-state index contributed by atoms with van der Waals surface area (Å²) in [6.45, 7) is 0.359. The first kappa shape index (κ1) is 17.0. The maximum absolute atomic E-state index is 12.5. The highest BCUT2D eigenvalue weighted by atomic mass is 16.7. The molecule has 6 nitrogen and oxygen atoms in total. The molecule has 0 saturated heterocycles. The summed E-state index contributed by atoms with van der Waals surface area (Å²) < 4.78 is 5.66. The minimum absolute atomic E-state index is 0.0948. The third-order valence-corrected chi connectivity index (χ3v) is 4.21. The van der Waals surface area contributed by atoms with Gasteiger partial charge in [0.05, 0.1) is 13.0 Å². The summed E-state index contributed by atoms with van der Waals surface area (Å²) in [5.74, 6) is 0.257. The Hall–Kier alpha value is -2.86. The summed E-state index contributed by atoms with van der Waals surface area (Å²) in [5, 5.41) is 4.02. The molecule has 0 aliphatic carbocycles. The highest BCUT2D eigenvalue weighted by Gasteiger charge is 2.25. The van der Waals surface area contributed by atoms with E-state index in [-0.39, 0.29) is 17.7 Å². The molecule has 2 aromatic carbocycles. The van der Waals surface area contributed by atoms with Gasteiger partial charge in [0, 0.05) is 18.3 Å². The van der Waals surface area contributed by atoms with Gasteiger partial charge >= 0.3 is 0 Å². The van der Waals surface area contributed by atoms with E-state index in [1.165, 1.54) is 7.11 Å². The molecule has 0 fully saturated rings. The van der Waals surface area contributed by atoms with Crippen molar-refractivity contribution in [1.82, 2.24) is 5.06 Å². The van der Waals surface area contributed by atoms with E-state index in [0.29, 0.717) is 24.3 Å². The molecule has 25 heavy (non-hydrogen) atoms. The Morgan fingerprint density at radius 3 is 2.60 bits per heavy atom. The van der Waals surface area contributed by atoms with E-state index in [2.05, 4.69) is 5.32 Å². The topological polar surface area (TPSA) is 67.9 Å². The van der Waals surface area contributed by atoms with Gasteiger partial charge in [0.25, 0.3) is 5.91 Å². The zero-order chi connectivity index (χ0) is 17.8. The third kappa shape index (κ3) is 3.80. The zero-order valence-electron chi connectivity index (χ0n) is 14.2. The molecule has 0 radical (unpaired) electrons. The standard InChI is InChI=1S/C19H20N2O4/c1-21(24-2)19(23)13-7-9-16(10-8-13)20-18(22)15-11-14-5-3-4-6-17(14)25-12-15/h3-10,15H,11-12H2,1-2H3,(H,20,22)/t15-/m1/s1. The number of nitrogens with zero attached hydrogens (tertiary/aromatic N) is 1. The molecule has 1 N–H and O–H groups in total. The fourth-order valence-corrected chi connectivity index (χ4v) is 2.70. The Morgan fingerprint density at radius 1 is 1.16 bits per heavy atom. The van der Waals surface area contributed by atoms with Crippen LogP contribution in [-0.4, -0.2) is 37.6 Å².